The second-order valence-corrected chi connectivity index (χ2v) is 12.0. The highest BCUT2D eigenvalue weighted by atomic mass is 16.9. The maximum Gasteiger partial charge on any atom is 0.200 e. The summed E-state index contributed by atoms with van der Waals surface area (Å²) in [5, 5.41) is 13.0. The standard InChI is InChI=1S/C27H43N3O5/c1-18(30-14-6-7-21(30)15-28)16-29-20-10-8-19(9-11-20)12-13-27-24(34-26(4,5)35-27)23-22(17-31-27)32-25(2,3)33-23/h19-24,29H,1,6-14,16-17H2,2-5H3/t19?,20?,21-,22+,23+,24-,27-/m0/s1. The summed E-state index contributed by atoms with van der Waals surface area (Å²) in [4.78, 5) is 2.18. The lowest BCUT2D eigenvalue weighted by molar-refractivity contribution is -0.285. The molecule has 0 spiro atoms. The van der Waals surface area contributed by atoms with Crippen molar-refractivity contribution in [2.75, 3.05) is 19.7 Å². The van der Waals surface area contributed by atoms with Gasteiger partial charge in [0.1, 0.15) is 24.4 Å². The van der Waals surface area contributed by atoms with Crippen molar-refractivity contribution in [3.63, 3.8) is 0 Å². The van der Waals surface area contributed by atoms with Gasteiger partial charge < -0.3 is 33.9 Å². The van der Waals surface area contributed by atoms with E-state index >= 15 is 0 Å². The molecule has 8 heteroatoms. The molecule has 5 fully saturated rings. The molecule has 8 nitrogen and oxygen atoms in total. The van der Waals surface area contributed by atoms with Gasteiger partial charge in [0.2, 0.25) is 5.79 Å². The Kier molecular flexibility index (Phi) is 6.97. The summed E-state index contributed by atoms with van der Waals surface area (Å²) in [6, 6.07) is 2.92. The second-order valence-electron chi connectivity index (χ2n) is 12.0. The molecular formula is C27H43N3O5. The van der Waals surface area contributed by atoms with Crippen molar-refractivity contribution in [2.24, 2.45) is 5.92 Å². The first-order valence-corrected chi connectivity index (χ1v) is 13.5. The molecule has 5 atom stereocenters. The number of nitriles is 1. The molecule has 5 aliphatic rings. The van der Waals surface area contributed by atoms with Crippen molar-refractivity contribution in [3.8, 4) is 6.07 Å². The van der Waals surface area contributed by atoms with Crippen LogP contribution in [0.2, 0.25) is 0 Å². The van der Waals surface area contributed by atoms with Crippen LogP contribution in [0.15, 0.2) is 12.3 Å². The van der Waals surface area contributed by atoms with Crippen LogP contribution in [-0.2, 0) is 23.7 Å². The molecule has 0 aromatic carbocycles. The molecule has 35 heavy (non-hydrogen) atoms. The van der Waals surface area contributed by atoms with Gasteiger partial charge in [-0.15, -0.1) is 0 Å². The lowest BCUT2D eigenvalue weighted by Crippen LogP contribution is -2.58. The van der Waals surface area contributed by atoms with E-state index in [4.69, 9.17) is 23.7 Å². The second kappa shape index (κ2) is 9.59. The number of nitrogens with one attached hydrogen (secondary N) is 1. The van der Waals surface area contributed by atoms with Crippen LogP contribution in [0, 0.1) is 17.2 Å². The van der Waals surface area contributed by atoms with E-state index in [-0.39, 0.29) is 24.4 Å². The molecule has 0 amide bonds. The summed E-state index contributed by atoms with van der Waals surface area (Å²) in [7, 11) is 0. The monoisotopic (exact) mass is 489 g/mol. The molecule has 0 bridgehead atoms. The van der Waals surface area contributed by atoms with Crippen LogP contribution in [0.3, 0.4) is 0 Å². The van der Waals surface area contributed by atoms with E-state index < -0.39 is 17.4 Å². The summed E-state index contributed by atoms with van der Waals surface area (Å²) >= 11 is 0. The summed E-state index contributed by atoms with van der Waals surface area (Å²) in [6.07, 6.45) is 8.01. The molecule has 0 aromatic heterocycles. The van der Waals surface area contributed by atoms with Crippen LogP contribution in [0.4, 0.5) is 0 Å². The fraction of sp³-hybridized carbons (Fsp3) is 0.889. The van der Waals surface area contributed by atoms with Crippen LogP contribution in [0.25, 0.3) is 0 Å². The summed E-state index contributed by atoms with van der Waals surface area (Å²) < 4.78 is 31.4. The molecule has 0 aromatic rings. The molecule has 0 unspecified atom stereocenters. The Labute approximate surface area is 210 Å². The van der Waals surface area contributed by atoms with Gasteiger partial charge >= 0.3 is 0 Å². The molecular weight excluding hydrogens is 446 g/mol. The van der Waals surface area contributed by atoms with E-state index in [1.807, 2.05) is 27.7 Å². The number of nitrogens with zero attached hydrogens (tertiary/aromatic N) is 2. The summed E-state index contributed by atoms with van der Waals surface area (Å²) in [6.45, 7) is 14.2. The average Bonchev–Trinajstić information content (AvgIpc) is 3.48. The Balaban J connectivity index is 1.10. The highest BCUT2D eigenvalue weighted by Crippen LogP contribution is 2.50. The zero-order valence-electron chi connectivity index (χ0n) is 21.9. The topological polar surface area (TPSA) is 85.2 Å². The maximum absolute atomic E-state index is 9.34. The van der Waals surface area contributed by atoms with E-state index in [0.717, 1.165) is 57.3 Å². The van der Waals surface area contributed by atoms with E-state index in [0.29, 0.717) is 18.6 Å². The maximum atomic E-state index is 9.34. The zero-order chi connectivity index (χ0) is 24.8. The van der Waals surface area contributed by atoms with Gasteiger partial charge in [0.15, 0.2) is 11.6 Å². The number of hydrogen-bond donors (Lipinski definition) is 1. The SMILES string of the molecule is C=C(CNC1CCC(CC[C@@]23OC[C@H]4OC(C)(C)O[C@H]4[C@@H]2OC(C)(C)O3)CC1)N1CCC[C@H]1C#N. The first kappa shape index (κ1) is 25.4. The molecule has 1 saturated carbocycles. The lowest BCUT2D eigenvalue weighted by Gasteiger charge is -2.42. The molecule has 1 N–H and O–H groups in total. The molecule has 1 aliphatic carbocycles. The number of rotatable bonds is 7. The van der Waals surface area contributed by atoms with Crippen molar-refractivity contribution >= 4 is 0 Å². The minimum Gasteiger partial charge on any atom is -0.358 e. The third-order valence-electron chi connectivity index (χ3n) is 8.43. The van der Waals surface area contributed by atoms with E-state index in [1.165, 1.54) is 12.8 Å². The van der Waals surface area contributed by atoms with Crippen LogP contribution in [-0.4, -0.2) is 72.4 Å². The van der Waals surface area contributed by atoms with Crippen LogP contribution >= 0.6 is 0 Å². The molecule has 196 valence electrons. The number of fused-ring (bicyclic) bond motifs is 3. The van der Waals surface area contributed by atoms with E-state index in [2.05, 4.69) is 22.9 Å². The first-order valence-electron chi connectivity index (χ1n) is 13.5. The smallest absolute Gasteiger partial charge is 0.200 e. The van der Waals surface area contributed by atoms with E-state index in [1.54, 1.807) is 0 Å². The third kappa shape index (κ3) is 5.27. The Morgan fingerprint density at radius 1 is 1.06 bits per heavy atom. The van der Waals surface area contributed by atoms with Crippen molar-refractivity contribution in [1.29, 1.82) is 5.26 Å². The summed E-state index contributed by atoms with van der Waals surface area (Å²) in [5.74, 6) is -1.46. The Bertz CT molecular complexity index is 833. The number of hydrogen-bond acceptors (Lipinski definition) is 8. The third-order valence-corrected chi connectivity index (χ3v) is 8.43. The van der Waals surface area contributed by atoms with Gasteiger partial charge in [-0.05, 0) is 78.6 Å². The fourth-order valence-corrected chi connectivity index (χ4v) is 6.76. The first-order chi connectivity index (χ1) is 16.6. The Morgan fingerprint density at radius 2 is 1.83 bits per heavy atom. The van der Waals surface area contributed by atoms with Gasteiger partial charge in [0, 0.05) is 31.2 Å². The lowest BCUT2D eigenvalue weighted by atomic mass is 9.81. The van der Waals surface area contributed by atoms with Crippen molar-refractivity contribution in [1.82, 2.24) is 10.2 Å². The van der Waals surface area contributed by atoms with Gasteiger partial charge in [-0.1, -0.05) is 6.58 Å². The molecule has 0 radical (unpaired) electrons. The summed E-state index contributed by atoms with van der Waals surface area (Å²) in [5.41, 5.74) is 1.05. The number of likely N-dealkylation sites (tertiary alicyclic amines) is 1. The zero-order valence-corrected chi connectivity index (χ0v) is 21.9. The minimum atomic E-state index is -0.770. The highest BCUT2D eigenvalue weighted by Gasteiger charge is 2.64. The normalized spacial score (nSPS) is 41.9. The minimum absolute atomic E-state index is 0.000413. The number of ether oxygens (including phenoxy) is 5. The Hall–Kier alpha value is -1.21. The average molecular weight is 490 g/mol. The highest BCUT2D eigenvalue weighted by molar-refractivity contribution is 5.09. The van der Waals surface area contributed by atoms with Gasteiger partial charge in [-0.2, -0.15) is 5.26 Å². The van der Waals surface area contributed by atoms with Crippen molar-refractivity contribution < 1.29 is 23.7 Å². The van der Waals surface area contributed by atoms with Crippen LogP contribution < -0.4 is 5.32 Å². The fourth-order valence-electron chi connectivity index (χ4n) is 6.76. The van der Waals surface area contributed by atoms with Gasteiger partial charge in [-0.25, -0.2) is 0 Å². The molecule has 4 saturated heterocycles. The van der Waals surface area contributed by atoms with Crippen molar-refractivity contribution in [3.05, 3.63) is 12.3 Å². The predicted octanol–water partition coefficient (Wildman–Crippen LogP) is 3.81. The Morgan fingerprint density at radius 3 is 2.57 bits per heavy atom. The largest absolute Gasteiger partial charge is 0.358 e. The van der Waals surface area contributed by atoms with Gasteiger partial charge in [0.05, 0.1) is 12.7 Å². The molecule has 4 heterocycles. The quantitative estimate of drug-likeness (QED) is 0.578. The van der Waals surface area contributed by atoms with Crippen LogP contribution in [0.1, 0.15) is 79.1 Å². The van der Waals surface area contributed by atoms with Gasteiger partial charge in [0.25, 0.3) is 0 Å². The molecule has 5 rings (SSSR count). The van der Waals surface area contributed by atoms with E-state index in [9.17, 15) is 5.26 Å². The molecule has 4 aliphatic heterocycles. The predicted molar refractivity (Wildman–Crippen MR) is 130 cm³/mol. The van der Waals surface area contributed by atoms with Gasteiger partial charge in [-0.3, -0.25) is 0 Å². The van der Waals surface area contributed by atoms with Crippen LogP contribution in [0.5, 0.6) is 0 Å². The van der Waals surface area contributed by atoms with Crippen molar-refractivity contribution in [2.45, 2.75) is 127 Å².